The Kier molecular flexibility index (Phi) is 4.19. The van der Waals surface area contributed by atoms with Gasteiger partial charge >= 0.3 is 5.97 Å². The highest BCUT2D eigenvalue weighted by Gasteiger charge is 2.03. The number of carbonyl (C=O) groups is 1. The largest absolute Gasteiger partial charge is 0.478 e. The molecule has 0 aromatic heterocycles. The summed E-state index contributed by atoms with van der Waals surface area (Å²) in [5, 5.41) is 8.51. The average Bonchev–Trinajstić information content (AvgIpc) is 1.87. The van der Waals surface area contributed by atoms with E-state index in [0.717, 1.165) is 10.7 Å². The zero-order valence-corrected chi connectivity index (χ0v) is 7.29. The fraction of sp³-hybridized carbons (Fsp3) is 0.571. The van der Waals surface area contributed by atoms with Crippen LogP contribution in [0.1, 0.15) is 20.8 Å². The molecule has 0 atom stereocenters. The molecule has 0 saturated heterocycles. The topological polar surface area (TPSA) is 37.3 Å². The number of aliphatic carboxylic acids is 1. The second-order valence-electron chi connectivity index (χ2n) is 1.92. The highest BCUT2D eigenvalue weighted by molar-refractivity contribution is 8.03. The van der Waals surface area contributed by atoms with Crippen LogP contribution in [0.2, 0.25) is 0 Å². The maximum atomic E-state index is 10.3. The number of carboxylic acid groups (broad SMARTS) is 1. The second kappa shape index (κ2) is 4.39. The van der Waals surface area contributed by atoms with E-state index in [4.69, 9.17) is 5.11 Å². The van der Waals surface area contributed by atoms with Crippen molar-refractivity contribution in [1.29, 1.82) is 0 Å². The minimum atomic E-state index is -0.821. The summed E-state index contributed by atoms with van der Waals surface area (Å²) in [6.45, 7) is 5.46. The number of allylic oxidation sites excluding steroid dienone is 1. The van der Waals surface area contributed by atoms with Gasteiger partial charge in [-0.25, -0.2) is 4.79 Å². The Morgan fingerprint density at radius 3 is 2.30 bits per heavy atom. The Balaban J connectivity index is 4.19. The summed E-state index contributed by atoms with van der Waals surface area (Å²) in [4.78, 5) is 11.2. The van der Waals surface area contributed by atoms with Crippen molar-refractivity contribution in [3.63, 3.8) is 0 Å². The van der Waals surface area contributed by atoms with Gasteiger partial charge in [0.2, 0.25) is 0 Å². The molecule has 0 rings (SSSR count). The molecule has 0 spiro atoms. The van der Waals surface area contributed by atoms with Crippen LogP contribution in [0.3, 0.4) is 0 Å². The van der Waals surface area contributed by atoms with E-state index in [0.29, 0.717) is 5.57 Å². The molecule has 0 radical (unpaired) electrons. The average molecular weight is 160 g/mol. The van der Waals surface area contributed by atoms with E-state index in [2.05, 4.69) is 0 Å². The zero-order valence-electron chi connectivity index (χ0n) is 6.47. The molecule has 0 saturated carbocycles. The van der Waals surface area contributed by atoms with Crippen LogP contribution in [0.25, 0.3) is 0 Å². The molecule has 2 nitrogen and oxygen atoms in total. The standard InChI is InChI=1S/C7H12O2S/c1-4-10-6(3)5(2)7(8)9/h4H2,1-3H3,(H,8,9)/b6-5-. The summed E-state index contributed by atoms with van der Waals surface area (Å²) in [6, 6.07) is 0. The predicted octanol–water partition coefficient (Wildman–Crippen LogP) is 2.12. The number of carboxylic acids is 1. The van der Waals surface area contributed by atoms with Crippen molar-refractivity contribution in [2.24, 2.45) is 0 Å². The molecule has 1 N–H and O–H groups in total. The molecule has 0 bridgehead atoms. The van der Waals surface area contributed by atoms with E-state index in [1.165, 1.54) is 0 Å². The molecular formula is C7H12O2S. The molecule has 10 heavy (non-hydrogen) atoms. The van der Waals surface area contributed by atoms with Crippen molar-refractivity contribution < 1.29 is 9.90 Å². The van der Waals surface area contributed by atoms with E-state index in [1.807, 2.05) is 13.8 Å². The Bertz CT molecular complexity index is 161. The Morgan fingerprint density at radius 1 is 1.50 bits per heavy atom. The molecule has 0 aliphatic carbocycles. The van der Waals surface area contributed by atoms with Gasteiger partial charge in [-0.15, -0.1) is 11.8 Å². The van der Waals surface area contributed by atoms with Gasteiger partial charge in [-0.3, -0.25) is 0 Å². The molecule has 3 heteroatoms. The molecule has 0 aromatic carbocycles. The summed E-state index contributed by atoms with van der Waals surface area (Å²) >= 11 is 1.57. The first-order chi connectivity index (χ1) is 4.59. The Labute approximate surface area is 65.3 Å². The lowest BCUT2D eigenvalue weighted by Gasteiger charge is -1.99. The summed E-state index contributed by atoms with van der Waals surface area (Å²) < 4.78 is 0. The van der Waals surface area contributed by atoms with E-state index in [1.54, 1.807) is 18.7 Å². The van der Waals surface area contributed by atoms with Crippen LogP contribution in [0.15, 0.2) is 10.5 Å². The van der Waals surface area contributed by atoms with Crippen LogP contribution < -0.4 is 0 Å². The molecule has 0 aromatic rings. The van der Waals surface area contributed by atoms with E-state index >= 15 is 0 Å². The van der Waals surface area contributed by atoms with E-state index in [9.17, 15) is 4.79 Å². The first-order valence-corrected chi connectivity index (χ1v) is 4.11. The maximum Gasteiger partial charge on any atom is 0.332 e. The van der Waals surface area contributed by atoms with Crippen LogP contribution in [0, 0.1) is 0 Å². The minimum absolute atomic E-state index is 0.451. The van der Waals surface area contributed by atoms with Gasteiger partial charge in [-0.05, 0) is 24.5 Å². The molecule has 0 amide bonds. The highest BCUT2D eigenvalue weighted by atomic mass is 32.2. The Morgan fingerprint density at radius 2 is 2.00 bits per heavy atom. The van der Waals surface area contributed by atoms with Gasteiger partial charge in [0.15, 0.2) is 0 Å². The molecule has 0 aliphatic heterocycles. The van der Waals surface area contributed by atoms with Gasteiger partial charge in [0.25, 0.3) is 0 Å². The first-order valence-electron chi connectivity index (χ1n) is 3.13. The number of hydrogen-bond acceptors (Lipinski definition) is 2. The van der Waals surface area contributed by atoms with Crippen LogP contribution >= 0.6 is 11.8 Å². The number of rotatable bonds is 3. The Hall–Kier alpha value is -0.440. The zero-order chi connectivity index (χ0) is 8.15. The second-order valence-corrected chi connectivity index (χ2v) is 3.40. The van der Waals surface area contributed by atoms with Crippen LogP contribution in [-0.2, 0) is 4.79 Å². The van der Waals surface area contributed by atoms with Gasteiger partial charge < -0.3 is 5.11 Å². The summed E-state index contributed by atoms with van der Waals surface area (Å²) in [6.07, 6.45) is 0. The van der Waals surface area contributed by atoms with Crippen LogP contribution in [-0.4, -0.2) is 16.8 Å². The monoisotopic (exact) mass is 160 g/mol. The minimum Gasteiger partial charge on any atom is -0.478 e. The SMILES string of the molecule is CCS/C(C)=C(/C)C(=O)O. The van der Waals surface area contributed by atoms with Gasteiger partial charge in [0.05, 0.1) is 0 Å². The number of hydrogen-bond donors (Lipinski definition) is 1. The van der Waals surface area contributed by atoms with E-state index in [-0.39, 0.29) is 0 Å². The van der Waals surface area contributed by atoms with Crippen molar-refractivity contribution in [3.8, 4) is 0 Å². The lowest BCUT2D eigenvalue weighted by Crippen LogP contribution is -1.97. The van der Waals surface area contributed by atoms with Gasteiger partial charge in [0, 0.05) is 5.57 Å². The normalized spacial score (nSPS) is 12.7. The fourth-order valence-corrected chi connectivity index (χ4v) is 1.21. The third-order valence-electron chi connectivity index (χ3n) is 1.21. The molecule has 58 valence electrons. The fourth-order valence-electron chi connectivity index (χ4n) is 0.475. The predicted molar refractivity (Wildman–Crippen MR) is 44.1 cm³/mol. The maximum absolute atomic E-state index is 10.3. The highest BCUT2D eigenvalue weighted by Crippen LogP contribution is 2.18. The lowest BCUT2D eigenvalue weighted by atomic mass is 10.3. The van der Waals surface area contributed by atoms with Crippen LogP contribution in [0.4, 0.5) is 0 Å². The summed E-state index contributed by atoms with van der Waals surface area (Å²) in [5.74, 6) is 0.106. The third kappa shape index (κ3) is 2.92. The summed E-state index contributed by atoms with van der Waals surface area (Å²) in [7, 11) is 0. The van der Waals surface area contributed by atoms with Crippen LogP contribution in [0.5, 0.6) is 0 Å². The van der Waals surface area contributed by atoms with Gasteiger partial charge in [-0.1, -0.05) is 6.92 Å². The summed E-state index contributed by atoms with van der Waals surface area (Å²) in [5.41, 5.74) is 0.451. The molecule has 0 heterocycles. The molecule has 0 aliphatic rings. The lowest BCUT2D eigenvalue weighted by molar-refractivity contribution is -0.132. The molecule has 0 unspecified atom stereocenters. The first kappa shape index (κ1) is 9.56. The van der Waals surface area contributed by atoms with Crippen molar-refractivity contribution in [2.45, 2.75) is 20.8 Å². The van der Waals surface area contributed by atoms with Gasteiger partial charge in [0.1, 0.15) is 0 Å². The van der Waals surface area contributed by atoms with Crippen molar-refractivity contribution >= 4 is 17.7 Å². The van der Waals surface area contributed by atoms with Crippen molar-refractivity contribution in [1.82, 2.24) is 0 Å². The number of thioether (sulfide) groups is 1. The molecular weight excluding hydrogens is 148 g/mol. The van der Waals surface area contributed by atoms with Crippen molar-refractivity contribution in [3.05, 3.63) is 10.5 Å². The smallest absolute Gasteiger partial charge is 0.332 e. The molecule has 0 fully saturated rings. The van der Waals surface area contributed by atoms with E-state index < -0.39 is 5.97 Å². The van der Waals surface area contributed by atoms with Crippen molar-refractivity contribution in [2.75, 3.05) is 5.75 Å². The third-order valence-corrected chi connectivity index (χ3v) is 2.24. The van der Waals surface area contributed by atoms with Gasteiger partial charge in [-0.2, -0.15) is 0 Å². The quantitative estimate of drug-likeness (QED) is 0.642.